The number of fused-ring (bicyclic) bond motifs is 1. The second-order valence-electron chi connectivity index (χ2n) is 7.85. The minimum atomic E-state index is -3.64. The van der Waals surface area contributed by atoms with Gasteiger partial charge in [-0.1, -0.05) is 0 Å². The summed E-state index contributed by atoms with van der Waals surface area (Å²) >= 11 is 0. The first-order chi connectivity index (χ1) is 15.0. The Hall–Kier alpha value is -2.53. The van der Waals surface area contributed by atoms with Gasteiger partial charge in [0, 0.05) is 17.5 Å². The highest BCUT2D eigenvalue weighted by Crippen LogP contribution is 2.38. The number of halogens is 1. The average Bonchev–Trinajstić information content (AvgIpc) is 3.08. The Labute approximate surface area is 186 Å². The molecule has 0 bridgehead atoms. The van der Waals surface area contributed by atoms with Gasteiger partial charge < -0.3 is 14.6 Å². The average molecular weight is 466 g/mol. The third-order valence-corrected chi connectivity index (χ3v) is 6.31. The third-order valence-electron chi connectivity index (χ3n) is 5.16. The van der Waals surface area contributed by atoms with Crippen LogP contribution in [0, 0.1) is 12.7 Å². The molecule has 0 aliphatic rings. The van der Waals surface area contributed by atoms with Crippen molar-refractivity contribution >= 4 is 26.9 Å². The van der Waals surface area contributed by atoms with E-state index in [4.69, 9.17) is 4.42 Å². The molecule has 0 radical (unpaired) electrons. The highest BCUT2D eigenvalue weighted by molar-refractivity contribution is 7.92. The maximum atomic E-state index is 13.4. The van der Waals surface area contributed by atoms with Crippen LogP contribution >= 0.6 is 0 Å². The maximum absolute atomic E-state index is 13.4. The van der Waals surface area contributed by atoms with Crippen LogP contribution in [0.5, 0.6) is 0 Å². The van der Waals surface area contributed by atoms with Gasteiger partial charge in [-0.2, -0.15) is 4.98 Å². The van der Waals surface area contributed by atoms with Crippen molar-refractivity contribution in [1.82, 2.24) is 10.3 Å². The summed E-state index contributed by atoms with van der Waals surface area (Å²) < 4.78 is 45.5. The first-order valence-corrected chi connectivity index (χ1v) is 12.1. The first kappa shape index (κ1) is 24.1. The molecular weight excluding hydrogens is 437 g/mol. The number of aryl methyl sites for hydroxylation is 1. The van der Waals surface area contributed by atoms with Gasteiger partial charge in [0.05, 0.1) is 17.9 Å². The molecule has 0 spiro atoms. The summed E-state index contributed by atoms with van der Waals surface area (Å²) in [4.78, 5) is 4.49. The van der Waals surface area contributed by atoms with Gasteiger partial charge in [-0.3, -0.25) is 9.62 Å². The van der Waals surface area contributed by atoms with Crippen LogP contribution in [0.1, 0.15) is 37.1 Å². The normalized spacial score (nSPS) is 14.0. The molecule has 2 atom stereocenters. The lowest BCUT2D eigenvalue weighted by atomic mass is 10.0. The van der Waals surface area contributed by atoms with Crippen LogP contribution in [-0.4, -0.2) is 49.6 Å². The zero-order chi connectivity index (χ0) is 23.6. The van der Waals surface area contributed by atoms with Crippen LogP contribution in [0.4, 0.5) is 10.2 Å². The molecule has 174 valence electrons. The highest BCUT2D eigenvalue weighted by atomic mass is 32.2. The quantitative estimate of drug-likeness (QED) is 0.416. The summed E-state index contributed by atoms with van der Waals surface area (Å²) in [5.41, 5.74) is 1.70. The molecule has 1 aromatic carbocycles. The number of sulfonamides is 1. The number of nitrogens with one attached hydrogen (secondary N) is 1. The predicted octanol–water partition coefficient (Wildman–Crippen LogP) is 3.08. The zero-order valence-electron chi connectivity index (χ0n) is 18.5. The molecule has 3 rings (SSSR count). The topological polar surface area (TPSA) is 116 Å². The lowest BCUT2D eigenvalue weighted by Gasteiger charge is -2.23. The molecule has 0 aliphatic heterocycles. The van der Waals surface area contributed by atoms with Crippen LogP contribution in [0.25, 0.3) is 22.4 Å². The van der Waals surface area contributed by atoms with Gasteiger partial charge in [-0.25, -0.2) is 12.8 Å². The summed E-state index contributed by atoms with van der Waals surface area (Å²) in [5.74, 6) is 0.124. The van der Waals surface area contributed by atoms with Crippen molar-refractivity contribution in [1.29, 1.82) is 0 Å². The van der Waals surface area contributed by atoms with Crippen LogP contribution < -0.4 is 9.62 Å². The highest BCUT2D eigenvalue weighted by Gasteiger charge is 2.26. The minimum Gasteiger partial charge on any atom is -0.437 e. The number of benzene rings is 1. The van der Waals surface area contributed by atoms with E-state index in [9.17, 15) is 23.0 Å². The Kier molecular flexibility index (Phi) is 7.19. The number of pyridine rings is 1. The molecule has 2 unspecified atom stereocenters. The van der Waals surface area contributed by atoms with Gasteiger partial charge in [0.2, 0.25) is 15.7 Å². The zero-order valence-corrected chi connectivity index (χ0v) is 19.3. The van der Waals surface area contributed by atoms with E-state index in [1.54, 1.807) is 27.0 Å². The number of nitrogens with zero attached hydrogens (tertiary/aromatic N) is 2. The Morgan fingerprint density at radius 1 is 1.25 bits per heavy atom. The maximum Gasteiger partial charge on any atom is 0.233 e. The Morgan fingerprint density at radius 3 is 2.47 bits per heavy atom. The number of aromatic nitrogens is 1. The van der Waals surface area contributed by atoms with Gasteiger partial charge in [-0.05, 0) is 69.6 Å². The largest absolute Gasteiger partial charge is 0.437 e. The summed E-state index contributed by atoms with van der Waals surface area (Å²) in [7, 11) is -2.06. The van der Waals surface area contributed by atoms with Crippen molar-refractivity contribution in [2.45, 2.75) is 39.0 Å². The van der Waals surface area contributed by atoms with E-state index in [2.05, 4.69) is 10.3 Å². The van der Waals surface area contributed by atoms with Crippen molar-refractivity contribution in [3.63, 3.8) is 0 Å². The van der Waals surface area contributed by atoms with Crippen molar-refractivity contribution in [2.75, 3.05) is 24.2 Å². The van der Waals surface area contributed by atoms with E-state index in [-0.39, 0.29) is 18.1 Å². The fraction of sp³-hybridized carbons (Fsp3) is 0.409. The van der Waals surface area contributed by atoms with Gasteiger partial charge >= 0.3 is 0 Å². The lowest BCUT2D eigenvalue weighted by molar-refractivity contribution is 0.150. The smallest absolute Gasteiger partial charge is 0.233 e. The molecule has 0 aliphatic carbocycles. The minimum absolute atomic E-state index is 0.151. The Bertz CT molecular complexity index is 1190. The molecule has 3 aromatic rings. The summed E-state index contributed by atoms with van der Waals surface area (Å²) in [5, 5.41) is 23.4. The fourth-order valence-corrected chi connectivity index (χ4v) is 4.53. The molecule has 0 amide bonds. The first-order valence-electron chi connectivity index (χ1n) is 10.2. The van der Waals surface area contributed by atoms with Gasteiger partial charge in [0.25, 0.3) is 0 Å². The van der Waals surface area contributed by atoms with E-state index < -0.39 is 28.2 Å². The summed E-state index contributed by atoms with van der Waals surface area (Å²) in [6, 6.07) is 7.36. The monoisotopic (exact) mass is 465 g/mol. The van der Waals surface area contributed by atoms with Crippen molar-refractivity contribution in [2.24, 2.45) is 0 Å². The number of anilines is 1. The van der Waals surface area contributed by atoms with E-state index >= 15 is 0 Å². The molecule has 0 saturated carbocycles. The third kappa shape index (κ3) is 5.09. The summed E-state index contributed by atoms with van der Waals surface area (Å²) in [6.07, 6.45) is 0.374. The molecule has 2 heterocycles. The van der Waals surface area contributed by atoms with Gasteiger partial charge in [-0.15, -0.1) is 0 Å². The van der Waals surface area contributed by atoms with E-state index in [1.165, 1.54) is 28.6 Å². The molecular formula is C22H28FN3O5S. The number of furan rings is 1. The van der Waals surface area contributed by atoms with Gasteiger partial charge in [0.15, 0.2) is 0 Å². The van der Waals surface area contributed by atoms with Crippen LogP contribution in [0.15, 0.2) is 34.7 Å². The van der Waals surface area contributed by atoms with E-state index in [0.29, 0.717) is 40.7 Å². The standard InChI is InChI=1S/C22H28FN3O5S/c1-13-12-17-18(21(28)24-3)19(15-7-9-16(23)10-8-15)31-22(17)25-20(13)26(32(4,29)30)11-5-6-14(2)27/h7-10,12,14,21,24,27-28H,5-6,11H2,1-4H3. The molecule has 10 heteroatoms. The van der Waals surface area contributed by atoms with Crippen LogP contribution in [0.2, 0.25) is 0 Å². The number of aliphatic hydroxyl groups excluding tert-OH is 2. The molecule has 0 saturated heterocycles. The Balaban J connectivity index is 2.16. The predicted molar refractivity (Wildman–Crippen MR) is 121 cm³/mol. The molecule has 2 aromatic heterocycles. The van der Waals surface area contributed by atoms with E-state index in [1.807, 2.05) is 0 Å². The fourth-order valence-electron chi connectivity index (χ4n) is 3.58. The molecule has 8 nitrogen and oxygen atoms in total. The van der Waals surface area contributed by atoms with Crippen LogP contribution in [0.3, 0.4) is 0 Å². The number of hydrogen-bond acceptors (Lipinski definition) is 7. The second-order valence-corrected chi connectivity index (χ2v) is 9.76. The molecule has 0 fully saturated rings. The van der Waals surface area contributed by atoms with E-state index in [0.717, 1.165) is 6.26 Å². The lowest BCUT2D eigenvalue weighted by Crippen LogP contribution is -2.32. The number of aliphatic hydroxyl groups is 2. The second kappa shape index (κ2) is 9.53. The van der Waals surface area contributed by atoms with Crippen LogP contribution in [-0.2, 0) is 10.0 Å². The summed E-state index contributed by atoms with van der Waals surface area (Å²) in [6.45, 7) is 3.53. The number of hydrogen-bond donors (Lipinski definition) is 3. The molecule has 3 N–H and O–H groups in total. The van der Waals surface area contributed by atoms with Gasteiger partial charge in [0.1, 0.15) is 23.6 Å². The SMILES string of the molecule is CNC(O)c1c(-c2ccc(F)cc2)oc2nc(N(CCCC(C)O)S(C)(=O)=O)c(C)cc12. The van der Waals surface area contributed by atoms with Crippen molar-refractivity contribution < 1.29 is 27.4 Å². The van der Waals surface area contributed by atoms with Crippen molar-refractivity contribution in [3.8, 4) is 11.3 Å². The van der Waals surface area contributed by atoms with Crippen molar-refractivity contribution in [3.05, 3.63) is 47.3 Å². The number of rotatable bonds is 9. The molecule has 32 heavy (non-hydrogen) atoms. The Morgan fingerprint density at radius 2 is 1.91 bits per heavy atom.